The summed E-state index contributed by atoms with van der Waals surface area (Å²) in [4.78, 5) is 23.6. The molecule has 37 heavy (non-hydrogen) atoms. The van der Waals surface area contributed by atoms with E-state index in [0.29, 0.717) is 53.0 Å². The minimum Gasteiger partial charge on any atom is -0.436 e. The van der Waals surface area contributed by atoms with E-state index in [1.54, 1.807) is 17.0 Å². The molecule has 0 saturated heterocycles. The third-order valence-electron chi connectivity index (χ3n) is 6.40. The van der Waals surface area contributed by atoms with Gasteiger partial charge in [0.15, 0.2) is 11.4 Å². The predicted molar refractivity (Wildman–Crippen MR) is 135 cm³/mol. The van der Waals surface area contributed by atoms with Crippen LogP contribution in [0.25, 0.3) is 22.6 Å². The number of fused-ring (bicyclic) bond motifs is 1. The number of aryl methyl sites for hydroxylation is 1. The molecule has 1 fully saturated rings. The maximum atomic E-state index is 13.6. The molecule has 0 radical (unpaired) electrons. The molecule has 1 saturated carbocycles. The van der Waals surface area contributed by atoms with Gasteiger partial charge in [-0.2, -0.15) is 4.98 Å². The van der Waals surface area contributed by atoms with Gasteiger partial charge in [0.25, 0.3) is 5.91 Å². The number of benzene rings is 2. The van der Waals surface area contributed by atoms with Gasteiger partial charge in [-0.25, -0.2) is 9.37 Å². The molecule has 9 heteroatoms. The van der Waals surface area contributed by atoms with Crippen molar-refractivity contribution in [3.05, 3.63) is 72.1 Å². The zero-order valence-electron chi connectivity index (χ0n) is 20.5. The highest BCUT2D eigenvalue weighted by molar-refractivity contribution is 6.05. The number of hydrogen-bond donors (Lipinski definition) is 0. The lowest BCUT2D eigenvalue weighted by Crippen LogP contribution is -2.33. The van der Waals surface area contributed by atoms with Crippen molar-refractivity contribution in [2.75, 3.05) is 18.1 Å². The van der Waals surface area contributed by atoms with Gasteiger partial charge < -0.3 is 13.8 Å². The monoisotopic (exact) mass is 506 g/mol. The molecular weight excluding hydrogens is 478 g/mol. The number of carbonyl (C=O) groups excluding carboxylic acids is 1. The zero-order chi connectivity index (χ0) is 25.8. The second-order valence-corrected chi connectivity index (χ2v) is 9.31. The van der Waals surface area contributed by atoms with E-state index in [1.165, 1.54) is 18.2 Å². The standard InChI is InChI=1S/C28H28F2N4O3/c1-18(13-14-29)28(35)34(15-4-2-3-8-25-32-26(33-37-25)19-9-10-19)22-7-5-6-20(16-22)27-31-23-17-21(30)11-12-24(23)36-27/h5-7,11-12,16-17,19H,1-4,8-10,13-15H2. The second-order valence-electron chi connectivity index (χ2n) is 9.31. The van der Waals surface area contributed by atoms with E-state index >= 15 is 0 Å². The average Bonchev–Trinajstić information content (AvgIpc) is 3.49. The lowest BCUT2D eigenvalue weighted by atomic mass is 10.1. The second kappa shape index (κ2) is 11.0. The van der Waals surface area contributed by atoms with Crippen LogP contribution in [-0.4, -0.2) is 34.3 Å². The number of hydrogen-bond acceptors (Lipinski definition) is 6. The van der Waals surface area contributed by atoms with Crippen molar-refractivity contribution in [3.8, 4) is 11.5 Å². The highest BCUT2D eigenvalue weighted by Crippen LogP contribution is 2.38. The number of halogens is 2. The average molecular weight is 507 g/mol. The first-order chi connectivity index (χ1) is 18.0. The highest BCUT2D eigenvalue weighted by atomic mass is 19.1. The van der Waals surface area contributed by atoms with Crippen molar-refractivity contribution in [1.82, 2.24) is 15.1 Å². The molecule has 1 amide bonds. The van der Waals surface area contributed by atoms with Crippen LogP contribution in [0.2, 0.25) is 0 Å². The van der Waals surface area contributed by atoms with Gasteiger partial charge in [-0.05, 0) is 56.0 Å². The zero-order valence-corrected chi connectivity index (χ0v) is 20.5. The number of oxazole rings is 1. The fraction of sp³-hybridized carbons (Fsp3) is 0.357. The van der Waals surface area contributed by atoms with Crippen LogP contribution < -0.4 is 4.90 Å². The van der Waals surface area contributed by atoms with Gasteiger partial charge in [-0.15, -0.1) is 0 Å². The quantitative estimate of drug-likeness (QED) is 0.160. The van der Waals surface area contributed by atoms with Gasteiger partial charge in [0, 0.05) is 48.2 Å². The first kappa shape index (κ1) is 24.8. The third-order valence-corrected chi connectivity index (χ3v) is 6.40. The van der Waals surface area contributed by atoms with Crippen molar-refractivity contribution in [3.63, 3.8) is 0 Å². The largest absolute Gasteiger partial charge is 0.436 e. The lowest BCUT2D eigenvalue weighted by molar-refractivity contribution is -0.115. The third kappa shape index (κ3) is 5.93. The van der Waals surface area contributed by atoms with Gasteiger partial charge in [0.2, 0.25) is 11.8 Å². The lowest BCUT2D eigenvalue weighted by Gasteiger charge is -2.24. The number of nitrogens with zero attached hydrogens (tertiary/aromatic N) is 4. The minimum absolute atomic E-state index is 0.0216. The fourth-order valence-electron chi connectivity index (χ4n) is 4.19. The number of alkyl halides is 1. The molecule has 192 valence electrons. The smallest absolute Gasteiger partial charge is 0.253 e. The van der Waals surface area contributed by atoms with E-state index in [1.807, 2.05) is 12.1 Å². The molecule has 0 aliphatic heterocycles. The van der Waals surface area contributed by atoms with E-state index in [9.17, 15) is 13.6 Å². The van der Waals surface area contributed by atoms with Crippen LogP contribution in [0.1, 0.15) is 56.2 Å². The first-order valence-electron chi connectivity index (χ1n) is 12.6. The number of anilines is 1. The summed E-state index contributed by atoms with van der Waals surface area (Å²) in [6, 6.07) is 11.4. The Morgan fingerprint density at radius 3 is 2.78 bits per heavy atom. The summed E-state index contributed by atoms with van der Waals surface area (Å²) >= 11 is 0. The van der Waals surface area contributed by atoms with E-state index in [-0.39, 0.29) is 17.9 Å². The molecule has 1 aliphatic carbocycles. The van der Waals surface area contributed by atoms with E-state index in [4.69, 9.17) is 8.94 Å². The van der Waals surface area contributed by atoms with Gasteiger partial charge in [-0.1, -0.05) is 24.2 Å². The Morgan fingerprint density at radius 1 is 1.11 bits per heavy atom. The van der Waals surface area contributed by atoms with Crippen LogP contribution in [0.15, 0.2) is 63.6 Å². The number of carbonyl (C=O) groups is 1. The van der Waals surface area contributed by atoms with Crippen LogP contribution >= 0.6 is 0 Å². The topological polar surface area (TPSA) is 85.3 Å². The summed E-state index contributed by atoms with van der Waals surface area (Å²) in [5.41, 5.74) is 2.36. The van der Waals surface area contributed by atoms with E-state index in [0.717, 1.165) is 37.9 Å². The predicted octanol–water partition coefficient (Wildman–Crippen LogP) is 6.56. The van der Waals surface area contributed by atoms with Crippen molar-refractivity contribution in [2.24, 2.45) is 0 Å². The Balaban J connectivity index is 1.27. The van der Waals surface area contributed by atoms with Crippen molar-refractivity contribution in [2.45, 2.75) is 50.9 Å². The SMILES string of the molecule is C=C(CCF)C(=O)N(CCCCCc1nc(C2CC2)no1)c1cccc(-c2nc3cc(F)ccc3o2)c1. The van der Waals surface area contributed by atoms with Crippen molar-refractivity contribution >= 4 is 22.7 Å². The molecule has 5 rings (SSSR count). The molecule has 0 spiro atoms. The molecule has 2 aromatic heterocycles. The maximum absolute atomic E-state index is 13.6. The molecule has 0 atom stereocenters. The summed E-state index contributed by atoms with van der Waals surface area (Å²) < 4.78 is 37.7. The van der Waals surface area contributed by atoms with E-state index in [2.05, 4.69) is 21.7 Å². The van der Waals surface area contributed by atoms with Crippen LogP contribution in [-0.2, 0) is 11.2 Å². The summed E-state index contributed by atoms with van der Waals surface area (Å²) in [5.74, 6) is 1.52. The summed E-state index contributed by atoms with van der Waals surface area (Å²) in [6.45, 7) is 3.58. The molecule has 2 aromatic carbocycles. The number of aromatic nitrogens is 3. The molecule has 0 unspecified atom stereocenters. The van der Waals surface area contributed by atoms with Gasteiger partial charge in [0.05, 0.1) is 6.67 Å². The summed E-state index contributed by atoms with van der Waals surface area (Å²) in [5, 5.41) is 4.05. The molecule has 7 nitrogen and oxygen atoms in total. The van der Waals surface area contributed by atoms with Crippen LogP contribution in [0.4, 0.5) is 14.5 Å². The minimum atomic E-state index is -0.648. The first-order valence-corrected chi connectivity index (χ1v) is 12.6. The Hall–Kier alpha value is -3.88. The highest BCUT2D eigenvalue weighted by Gasteiger charge is 2.28. The number of rotatable bonds is 12. The number of amides is 1. The van der Waals surface area contributed by atoms with Gasteiger partial charge in [0.1, 0.15) is 11.3 Å². The van der Waals surface area contributed by atoms with Crippen LogP contribution in [0, 0.1) is 5.82 Å². The van der Waals surface area contributed by atoms with E-state index < -0.39 is 12.5 Å². The van der Waals surface area contributed by atoms with Gasteiger partial charge in [-0.3, -0.25) is 9.18 Å². The molecule has 4 aromatic rings. The molecular formula is C28H28F2N4O3. The molecule has 0 bridgehead atoms. The Bertz CT molecular complexity index is 1410. The van der Waals surface area contributed by atoms with Crippen molar-refractivity contribution in [1.29, 1.82) is 0 Å². The number of unbranched alkanes of at least 4 members (excludes halogenated alkanes) is 2. The fourth-order valence-corrected chi connectivity index (χ4v) is 4.19. The molecule has 1 aliphatic rings. The maximum Gasteiger partial charge on any atom is 0.253 e. The molecule has 0 N–H and O–H groups in total. The van der Waals surface area contributed by atoms with Crippen LogP contribution in [0.5, 0.6) is 0 Å². The normalized spacial score (nSPS) is 13.2. The summed E-state index contributed by atoms with van der Waals surface area (Å²) in [7, 11) is 0. The van der Waals surface area contributed by atoms with Gasteiger partial charge >= 0.3 is 0 Å². The summed E-state index contributed by atoms with van der Waals surface area (Å²) in [6.07, 6.45) is 5.34. The van der Waals surface area contributed by atoms with Crippen molar-refractivity contribution < 1.29 is 22.5 Å². The Morgan fingerprint density at radius 2 is 1.97 bits per heavy atom. The Labute approximate surface area is 213 Å². The molecule has 2 heterocycles. The Kier molecular flexibility index (Phi) is 7.39. The van der Waals surface area contributed by atoms with Crippen LogP contribution in [0.3, 0.4) is 0 Å².